The van der Waals surface area contributed by atoms with Crippen molar-refractivity contribution in [2.45, 2.75) is 0 Å². The third-order valence-corrected chi connectivity index (χ3v) is 3.39. The Morgan fingerprint density at radius 1 is 1.12 bits per heavy atom. The maximum Gasteiger partial charge on any atom is 0.232 e. The van der Waals surface area contributed by atoms with Crippen LogP contribution in [-0.4, -0.2) is 31.5 Å². The highest BCUT2D eigenvalue weighted by Crippen LogP contribution is 2.27. The summed E-state index contributed by atoms with van der Waals surface area (Å²) in [6.07, 6.45) is 1.47. The molecule has 0 radical (unpaired) electrons. The molecule has 0 aliphatic carbocycles. The summed E-state index contributed by atoms with van der Waals surface area (Å²) in [6, 6.07) is 13.5. The Morgan fingerprint density at radius 2 is 1.83 bits per heavy atom. The Bertz CT molecular complexity index is 768. The van der Waals surface area contributed by atoms with Gasteiger partial charge in [0, 0.05) is 16.1 Å². The van der Waals surface area contributed by atoms with E-state index >= 15 is 0 Å². The molecule has 24 heavy (non-hydrogen) atoms. The molecule has 124 valence electrons. The molecule has 2 aromatic rings. The van der Waals surface area contributed by atoms with Gasteiger partial charge in [-0.3, -0.25) is 14.9 Å². The predicted octanol–water partition coefficient (Wildman–Crippen LogP) is 3.25. The molecule has 6 heteroatoms. The molecule has 2 aromatic carbocycles. The van der Waals surface area contributed by atoms with E-state index in [1.54, 1.807) is 48.5 Å². The summed E-state index contributed by atoms with van der Waals surface area (Å²) in [5, 5.41) is 11.0. The summed E-state index contributed by atoms with van der Waals surface area (Å²) in [5.74, 6) is 0.671. The van der Waals surface area contributed by atoms with Crippen LogP contribution in [0.25, 0.3) is 6.08 Å². The van der Waals surface area contributed by atoms with Crippen molar-refractivity contribution in [1.82, 2.24) is 0 Å². The Balaban J connectivity index is 2.50. The highest BCUT2D eigenvalue weighted by Gasteiger charge is 2.18. The summed E-state index contributed by atoms with van der Waals surface area (Å²) in [4.78, 5) is 23.0. The fourth-order valence-corrected chi connectivity index (χ4v) is 2.24. The van der Waals surface area contributed by atoms with E-state index in [0.29, 0.717) is 22.6 Å². The van der Waals surface area contributed by atoms with Gasteiger partial charge in [0.1, 0.15) is 11.5 Å². The lowest BCUT2D eigenvalue weighted by molar-refractivity contribution is -0.469. The molecule has 0 atom stereocenters. The maximum absolute atomic E-state index is 12.6. The zero-order valence-corrected chi connectivity index (χ0v) is 13.4. The van der Waals surface area contributed by atoms with Crippen LogP contribution in [-0.2, 0) is 0 Å². The maximum atomic E-state index is 12.6. The number of nitrogens with zero attached hydrogens (tertiary/aromatic N) is 1. The number of carbonyl (C=O) groups excluding carboxylic acids is 1. The number of methoxy groups -OCH3 is 2. The molecular weight excluding hydrogens is 310 g/mol. The van der Waals surface area contributed by atoms with Crippen LogP contribution in [0.5, 0.6) is 11.5 Å². The van der Waals surface area contributed by atoms with Gasteiger partial charge in [-0.1, -0.05) is 30.3 Å². The molecule has 0 aromatic heterocycles. The first-order chi connectivity index (χ1) is 11.5. The molecule has 6 nitrogen and oxygen atoms in total. The van der Waals surface area contributed by atoms with Crippen LogP contribution < -0.4 is 9.47 Å². The van der Waals surface area contributed by atoms with E-state index in [9.17, 15) is 14.9 Å². The van der Waals surface area contributed by atoms with Crippen LogP contribution in [0.3, 0.4) is 0 Å². The van der Waals surface area contributed by atoms with Gasteiger partial charge in [-0.15, -0.1) is 0 Å². The van der Waals surface area contributed by atoms with Crippen molar-refractivity contribution in [3.63, 3.8) is 0 Å². The van der Waals surface area contributed by atoms with Gasteiger partial charge in [0.15, 0.2) is 5.78 Å². The number of ether oxygens (including phenoxy) is 2. The average Bonchev–Trinajstić information content (AvgIpc) is 2.60. The summed E-state index contributed by atoms with van der Waals surface area (Å²) in [7, 11) is 3.01. The van der Waals surface area contributed by atoms with E-state index in [-0.39, 0.29) is 5.57 Å². The van der Waals surface area contributed by atoms with Gasteiger partial charge in [0.05, 0.1) is 19.8 Å². The number of rotatable bonds is 7. The van der Waals surface area contributed by atoms with E-state index in [0.717, 1.165) is 0 Å². The summed E-state index contributed by atoms with van der Waals surface area (Å²) in [6.45, 7) is -0.575. The molecule has 0 unspecified atom stereocenters. The minimum atomic E-state index is -0.575. The Kier molecular flexibility index (Phi) is 5.68. The second-order valence-corrected chi connectivity index (χ2v) is 4.96. The average molecular weight is 327 g/mol. The second kappa shape index (κ2) is 7.92. The van der Waals surface area contributed by atoms with Gasteiger partial charge in [0.2, 0.25) is 6.54 Å². The fraction of sp³-hybridized carbons (Fsp3) is 0.167. The summed E-state index contributed by atoms with van der Waals surface area (Å²) in [5.41, 5.74) is 1.00. The zero-order valence-electron chi connectivity index (χ0n) is 13.4. The minimum Gasteiger partial charge on any atom is -0.497 e. The summed E-state index contributed by atoms with van der Waals surface area (Å²) < 4.78 is 10.4. The van der Waals surface area contributed by atoms with Gasteiger partial charge in [-0.05, 0) is 24.3 Å². The molecule has 0 amide bonds. The second-order valence-electron chi connectivity index (χ2n) is 4.96. The van der Waals surface area contributed by atoms with Gasteiger partial charge in [-0.25, -0.2) is 0 Å². The van der Waals surface area contributed by atoms with Crippen LogP contribution in [0.1, 0.15) is 15.9 Å². The van der Waals surface area contributed by atoms with Gasteiger partial charge < -0.3 is 9.47 Å². The normalized spacial score (nSPS) is 11.0. The van der Waals surface area contributed by atoms with Crippen LogP contribution >= 0.6 is 0 Å². The number of ketones is 1. The first-order valence-corrected chi connectivity index (χ1v) is 7.19. The third-order valence-electron chi connectivity index (χ3n) is 3.39. The molecule has 0 spiro atoms. The molecule has 0 N–H and O–H groups in total. The first-order valence-electron chi connectivity index (χ1n) is 7.19. The number of nitro groups is 1. The lowest BCUT2D eigenvalue weighted by Crippen LogP contribution is -2.13. The quantitative estimate of drug-likeness (QED) is 0.337. The molecule has 0 heterocycles. The van der Waals surface area contributed by atoms with E-state index in [4.69, 9.17) is 9.47 Å². The van der Waals surface area contributed by atoms with Crippen LogP contribution in [0.4, 0.5) is 0 Å². The molecule has 2 rings (SSSR count). The Morgan fingerprint density at radius 3 is 2.42 bits per heavy atom. The molecule has 0 aliphatic rings. The van der Waals surface area contributed by atoms with E-state index in [2.05, 4.69) is 0 Å². The summed E-state index contributed by atoms with van der Waals surface area (Å²) >= 11 is 0. The van der Waals surface area contributed by atoms with E-state index in [1.165, 1.54) is 20.3 Å². The van der Waals surface area contributed by atoms with Crippen molar-refractivity contribution in [3.05, 3.63) is 75.3 Å². The van der Waals surface area contributed by atoms with Crippen molar-refractivity contribution in [1.29, 1.82) is 0 Å². The number of hydrogen-bond acceptors (Lipinski definition) is 5. The van der Waals surface area contributed by atoms with Gasteiger partial charge >= 0.3 is 0 Å². The van der Waals surface area contributed by atoms with Crippen LogP contribution in [0.2, 0.25) is 0 Å². The third kappa shape index (κ3) is 4.19. The van der Waals surface area contributed by atoms with Crippen molar-refractivity contribution >= 4 is 11.9 Å². The topological polar surface area (TPSA) is 78.7 Å². The number of hydrogen-bond donors (Lipinski definition) is 0. The SMILES string of the molecule is COc1ccc(OC)c(/C=C(\C[N+](=O)[O-])C(=O)c2ccccc2)c1. The lowest BCUT2D eigenvalue weighted by Gasteiger charge is -2.09. The fourth-order valence-electron chi connectivity index (χ4n) is 2.24. The van der Waals surface area contributed by atoms with Crippen molar-refractivity contribution < 1.29 is 19.2 Å². The minimum absolute atomic E-state index is 0.0674. The largest absolute Gasteiger partial charge is 0.497 e. The first kappa shape index (κ1) is 17.2. The molecule has 0 fully saturated rings. The van der Waals surface area contributed by atoms with Crippen LogP contribution in [0.15, 0.2) is 54.1 Å². The molecule has 0 saturated heterocycles. The standard InChI is InChI=1S/C18H17NO5/c1-23-16-8-9-17(24-2)14(11-16)10-15(12-19(21)22)18(20)13-6-4-3-5-7-13/h3-11H,12H2,1-2H3/b15-10+. The Hall–Kier alpha value is -3.15. The Labute approximate surface area is 139 Å². The van der Waals surface area contributed by atoms with E-state index < -0.39 is 17.3 Å². The van der Waals surface area contributed by atoms with Crippen LogP contribution in [0, 0.1) is 10.1 Å². The smallest absolute Gasteiger partial charge is 0.232 e. The van der Waals surface area contributed by atoms with Gasteiger partial charge in [0.25, 0.3) is 0 Å². The van der Waals surface area contributed by atoms with E-state index in [1.807, 2.05) is 0 Å². The van der Waals surface area contributed by atoms with Crippen molar-refractivity contribution in [2.75, 3.05) is 20.8 Å². The van der Waals surface area contributed by atoms with Gasteiger partial charge in [-0.2, -0.15) is 0 Å². The highest BCUT2D eigenvalue weighted by molar-refractivity contribution is 6.11. The lowest BCUT2D eigenvalue weighted by atomic mass is 10.0. The number of Topliss-reactive ketones (excluding diaryl/α,β-unsaturated/α-hetero) is 1. The monoisotopic (exact) mass is 327 g/mol. The highest BCUT2D eigenvalue weighted by atomic mass is 16.6. The molecule has 0 bridgehead atoms. The molecule has 0 aliphatic heterocycles. The number of benzene rings is 2. The molecular formula is C18H17NO5. The zero-order chi connectivity index (χ0) is 17.5. The number of carbonyl (C=O) groups is 1. The predicted molar refractivity (Wildman–Crippen MR) is 90.2 cm³/mol. The van der Waals surface area contributed by atoms with Crippen molar-refractivity contribution in [2.24, 2.45) is 0 Å². The van der Waals surface area contributed by atoms with Crippen molar-refractivity contribution in [3.8, 4) is 11.5 Å². The molecule has 0 saturated carbocycles.